The quantitative estimate of drug-likeness (QED) is 0.858. The Bertz CT molecular complexity index is 325. The van der Waals surface area contributed by atoms with Crippen LogP contribution in [-0.2, 0) is 6.42 Å². The van der Waals surface area contributed by atoms with Crippen molar-refractivity contribution in [2.24, 2.45) is 0 Å². The summed E-state index contributed by atoms with van der Waals surface area (Å²) in [6, 6.07) is 5.59. The molecule has 94 valence electrons. The summed E-state index contributed by atoms with van der Waals surface area (Å²) in [4.78, 5) is 6.76. The standard InChI is InChI=1S/C14H23N3/c1-12-10-14(15-2)6-9-17(12)8-5-13-4-3-7-16-11-13/h3-4,7,11-12,14-15H,5-6,8-10H2,1-2H3. The maximum atomic E-state index is 4.16. The van der Waals surface area contributed by atoms with Gasteiger partial charge in [0, 0.05) is 31.0 Å². The van der Waals surface area contributed by atoms with E-state index < -0.39 is 0 Å². The van der Waals surface area contributed by atoms with Crippen molar-refractivity contribution in [2.45, 2.75) is 38.3 Å². The average molecular weight is 233 g/mol. The molecule has 0 radical (unpaired) electrons. The minimum Gasteiger partial charge on any atom is -0.317 e. The van der Waals surface area contributed by atoms with Crippen molar-refractivity contribution >= 4 is 0 Å². The smallest absolute Gasteiger partial charge is 0.0300 e. The zero-order chi connectivity index (χ0) is 12.1. The van der Waals surface area contributed by atoms with Gasteiger partial charge in [-0.25, -0.2) is 0 Å². The van der Waals surface area contributed by atoms with Crippen molar-refractivity contribution in [1.29, 1.82) is 0 Å². The molecule has 0 bridgehead atoms. The van der Waals surface area contributed by atoms with Crippen LogP contribution in [0.25, 0.3) is 0 Å². The van der Waals surface area contributed by atoms with Crippen LogP contribution in [0.2, 0.25) is 0 Å². The van der Waals surface area contributed by atoms with Crippen LogP contribution >= 0.6 is 0 Å². The lowest BCUT2D eigenvalue weighted by atomic mass is 9.98. The molecule has 1 N–H and O–H groups in total. The molecule has 2 rings (SSSR count). The number of likely N-dealkylation sites (tertiary alicyclic amines) is 1. The van der Waals surface area contributed by atoms with Gasteiger partial charge >= 0.3 is 0 Å². The van der Waals surface area contributed by atoms with Gasteiger partial charge in [-0.2, -0.15) is 0 Å². The zero-order valence-electron chi connectivity index (χ0n) is 10.9. The molecule has 17 heavy (non-hydrogen) atoms. The molecule has 1 aliphatic heterocycles. The maximum Gasteiger partial charge on any atom is 0.0300 e. The number of hydrogen-bond donors (Lipinski definition) is 1. The highest BCUT2D eigenvalue weighted by atomic mass is 15.2. The molecular formula is C14H23N3. The van der Waals surface area contributed by atoms with Crippen LogP contribution in [-0.4, -0.2) is 42.1 Å². The van der Waals surface area contributed by atoms with Crippen molar-refractivity contribution in [3.8, 4) is 0 Å². The molecule has 1 fully saturated rings. The lowest BCUT2D eigenvalue weighted by Gasteiger charge is -2.37. The largest absolute Gasteiger partial charge is 0.317 e. The van der Waals surface area contributed by atoms with Gasteiger partial charge in [-0.05, 0) is 51.4 Å². The molecule has 3 heteroatoms. The van der Waals surface area contributed by atoms with Gasteiger partial charge in [-0.15, -0.1) is 0 Å². The first kappa shape index (κ1) is 12.5. The zero-order valence-corrected chi connectivity index (χ0v) is 10.9. The third-order valence-corrected chi connectivity index (χ3v) is 3.83. The summed E-state index contributed by atoms with van der Waals surface area (Å²) in [5.41, 5.74) is 1.34. The molecule has 0 aliphatic carbocycles. The van der Waals surface area contributed by atoms with Crippen LogP contribution < -0.4 is 5.32 Å². The number of piperidine rings is 1. The summed E-state index contributed by atoms with van der Waals surface area (Å²) in [6.45, 7) is 4.71. The number of aromatic nitrogens is 1. The number of nitrogens with zero attached hydrogens (tertiary/aromatic N) is 2. The molecule has 0 spiro atoms. The summed E-state index contributed by atoms with van der Waals surface area (Å²) < 4.78 is 0. The van der Waals surface area contributed by atoms with Crippen molar-refractivity contribution < 1.29 is 0 Å². The van der Waals surface area contributed by atoms with Gasteiger partial charge in [0.05, 0.1) is 0 Å². The predicted octanol–water partition coefficient (Wildman–Crippen LogP) is 1.70. The van der Waals surface area contributed by atoms with E-state index in [1.54, 1.807) is 0 Å². The van der Waals surface area contributed by atoms with Crippen molar-refractivity contribution in [3.63, 3.8) is 0 Å². The summed E-state index contributed by atoms with van der Waals surface area (Å²) in [5.74, 6) is 0. The van der Waals surface area contributed by atoms with E-state index in [9.17, 15) is 0 Å². The van der Waals surface area contributed by atoms with Gasteiger partial charge < -0.3 is 10.2 Å². The fraction of sp³-hybridized carbons (Fsp3) is 0.643. The Morgan fingerprint density at radius 1 is 1.53 bits per heavy atom. The predicted molar refractivity (Wildman–Crippen MR) is 71.1 cm³/mol. The molecule has 1 aromatic rings. The monoisotopic (exact) mass is 233 g/mol. The lowest BCUT2D eigenvalue weighted by molar-refractivity contribution is 0.140. The van der Waals surface area contributed by atoms with E-state index in [1.165, 1.54) is 24.9 Å². The van der Waals surface area contributed by atoms with Gasteiger partial charge in [-0.1, -0.05) is 6.07 Å². The molecule has 2 heterocycles. The lowest BCUT2D eigenvalue weighted by Crippen LogP contribution is -2.47. The molecular weight excluding hydrogens is 210 g/mol. The topological polar surface area (TPSA) is 28.2 Å². The Hall–Kier alpha value is -0.930. The van der Waals surface area contributed by atoms with Crippen molar-refractivity contribution in [1.82, 2.24) is 15.2 Å². The highest BCUT2D eigenvalue weighted by Gasteiger charge is 2.23. The first-order valence-electron chi connectivity index (χ1n) is 6.60. The average Bonchev–Trinajstić information content (AvgIpc) is 2.38. The van der Waals surface area contributed by atoms with Crippen LogP contribution in [0.15, 0.2) is 24.5 Å². The number of nitrogens with one attached hydrogen (secondary N) is 1. The molecule has 0 aromatic carbocycles. The van der Waals surface area contributed by atoms with Gasteiger partial charge in [-0.3, -0.25) is 4.98 Å². The number of rotatable bonds is 4. The Kier molecular flexibility index (Phi) is 4.51. The van der Waals surface area contributed by atoms with E-state index in [4.69, 9.17) is 0 Å². The maximum absolute atomic E-state index is 4.16. The van der Waals surface area contributed by atoms with Gasteiger partial charge in [0.2, 0.25) is 0 Å². The first-order valence-corrected chi connectivity index (χ1v) is 6.60. The number of pyridine rings is 1. The number of hydrogen-bond acceptors (Lipinski definition) is 3. The van der Waals surface area contributed by atoms with Crippen LogP contribution in [0, 0.1) is 0 Å². The second kappa shape index (κ2) is 6.12. The van der Waals surface area contributed by atoms with E-state index in [2.05, 4.69) is 35.2 Å². The minimum absolute atomic E-state index is 0.692. The highest BCUT2D eigenvalue weighted by molar-refractivity contribution is 5.08. The molecule has 1 aromatic heterocycles. The SMILES string of the molecule is CNC1CCN(CCc2cccnc2)C(C)C1. The van der Waals surface area contributed by atoms with Gasteiger partial charge in [0.15, 0.2) is 0 Å². The summed E-state index contributed by atoms with van der Waals surface area (Å²) >= 11 is 0. The van der Waals surface area contributed by atoms with Crippen LogP contribution in [0.3, 0.4) is 0 Å². The van der Waals surface area contributed by atoms with Gasteiger partial charge in [0.25, 0.3) is 0 Å². The molecule has 2 atom stereocenters. The van der Waals surface area contributed by atoms with Crippen molar-refractivity contribution in [3.05, 3.63) is 30.1 Å². The highest BCUT2D eigenvalue weighted by Crippen LogP contribution is 2.17. The third-order valence-electron chi connectivity index (χ3n) is 3.83. The summed E-state index contributed by atoms with van der Waals surface area (Å²) in [7, 11) is 2.07. The van der Waals surface area contributed by atoms with Crippen molar-refractivity contribution in [2.75, 3.05) is 20.1 Å². The van der Waals surface area contributed by atoms with E-state index in [0.29, 0.717) is 12.1 Å². The van der Waals surface area contributed by atoms with E-state index in [-0.39, 0.29) is 0 Å². The summed E-state index contributed by atoms with van der Waals surface area (Å²) in [5, 5.41) is 3.39. The molecule has 0 amide bonds. The summed E-state index contributed by atoms with van der Waals surface area (Å²) in [6.07, 6.45) is 7.47. The molecule has 3 nitrogen and oxygen atoms in total. The van der Waals surface area contributed by atoms with E-state index in [1.807, 2.05) is 18.5 Å². The Morgan fingerprint density at radius 3 is 3.06 bits per heavy atom. The first-order chi connectivity index (χ1) is 8.29. The van der Waals surface area contributed by atoms with E-state index >= 15 is 0 Å². The van der Waals surface area contributed by atoms with Gasteiger partial charge in [0.1, 0.15) is 0 Å². The Morgan fingerprint density at radius 2 is 2.41 bits per heavy atom. The Labute approximate surface area is 104 Å². The van der Waals surface area contributed by atoms with Crippen LogP contribution in [0.5, 0.6) is 0 Å². The normalized spacial score (nSPS) is 26.0. The fourth-order valence-corrected chi connectivity index (χ4v) is 2.63. The van der Waals surface area contributed by atoms with Crippen LogP contribution in [0.1, 0.15) is 25.3 Å². The van der Waals surface area contributed by atoms with Crippen LogP contribution in [0.4, 0.5) is 0 Å². The second-order valence-corrected chi connectivity index (χ2v) is 5.01. The second-order valence-electron chi connectivity index (χ2n) is 5.01. The molecule has 2 unspecified atom stereocenters. The van der Waals surface area contributed by atoms with E-state index in [0.717, 1.165) is 13.0 Å². The third kappa shape index (κ3) is 3.51. The fourth-order valence-electron chi connectivity index (χ4n) is 2.63. The molecule has 1 aliphatic rings. The molecule has 1 saturated heterocycles. The Balaban J connectivity index is 1.80. The minimum atomic E-state index is 0.692. The molecule has 0 saturated carbocycles.